The van der Waals surface area contributed by atoms with Crippen LogP contribution in [0.15, 0.2) is 18.2 Å². The standard InChI is InChI=1S/C15H23NO3/c1-15(2,11-17)16-7-6-12-4-5-13-14(10-12)19-9-3-8-18-13/h4-5,10,16-17H,3,6-9,11H2,1-2H3. The topological polar surface area (TPSA) is 50.7 Å². The molecule has 1 aliphatic rings. The lowest BCUT2D eigenvalue weighted by Gasteiger charge is -2.23. The van der Waals surface area contributed by atoms with E-state index >= 15 is 0 Å². The predicted octanol–water partition coefficient (Wildman–Crippen LogP) is 1.75. The molecule has 4 heteroatoms. The highest BCUT2D eigenvalue weighted by atomic mass is 16.5. The summed E-state index contributed by atoms with van der Waals surface area (Å²) < 4.78 is 11.3. The number of nitrogens with one attached hydrogen (secondary N) is 1. The first kappa shape index (κ1) is 14.2. The van der Waals surface area contributed by atoms with Crippen LogP contribution in [-0.2, 0) is 6.42 Å². The first-order chi connectivity index (χ1) is 9.11. The Morgan fingerprint density at radius 3 is 2.68 bits per heavy atom. The first-order valence-corrected chi connectivity index (χ1v) is 6.85. The lowest BCUT2D eigenvalue weighted by atomic mass is 10.1. The maximum absolute atomic E-state index is 9.18. The van der Waals surface area contributed by atoms with E-state index < -0.39 is 0 Å². The molecule has 106 valence electrons. The SMILES string of the molecule is CC(C)(CO)NCCc1ccc2c(c1)OCCCO2. The van der Waals surface area contributed by atoms with Crippen molar-refractivity contribution in [1.82, 2.24) is 5.32 Å². The molecule has 2 rings (SSSR count). The third kappa shape index (κ3) is 4.11. The molecule has 1 aromatic rings. The lowest BCUT2D eigenvalue weighted by Crippen LogP contribution is -2.43. The van der Waals surface area contributed by atoms with Crippen LogP contribution in [0.3, 0.4) is 0 Å². The minimum Gasteiger partial charge on any atom is -0.490 e. The summed E-state index contributed by atoms with van der Waals surface area (Å²) in [4.78, 5) is 0. The number of aliphatic hydroxyl groups excluding tert-OH is 1. The van der Waals surface area contributed by atoms with Crippen LogP contribution < -0.4 is 14.8 Å². The van der Waals surface area contributed by atoms with Gasteiger partial charge in [0.15, 0.2) is 11.5 Å². The number of hydrogen-bond acceptors (Lipinski definition) is 4. The van der Waals surface area contributed by atoms with Crippen molar-refractivity contribution < 1.29 is 14.6 Å². The van der Waals surface area contributed by atoms with Crippen molar-refractivity contribution in [3.8, 4) is 11.5 Å². The van der Waals surface area contributed by atoms with Gasteiger partial charge in [-0.3, -0.25) is 0 Å². The van der Waals surface area contributed by atoms with E-state index in [-0.39, 0.29) is 12.1 Å². The Bertz CT molecular complexity index is 418. The Morgan fingerprint density at radius 1 is 1.21 bits per heavy atom. The summed E-state index contributed by atoms with van der Waals surface area (Å²) in [5.41, 5.74) is 0.983. The highest BCUT2D eigenvalue weighted by Gasteiger charge is 2.15. The van der Waals surface area contributed by atoms with E-state index in [1.807, 2.05) is 26.0 Å². The number of ether oxygens (including phenoxy) is 2. The first-order valence-electron chi connectivity index (χ1n) is 6.85. The van der Waals surface area contributed by atoms with Gasteiger partial charge >= 0.3 is 0 Å². The van der Waals surface area contributed by atoms with E-state index in [0.29, 0.717) is 6.61 Å². The van der Waals surface area contributed by atoms with E-state index in [0.717, 1.165) is 37.5 Å². The van der Waals surface area contributed by atoms with Crippen LogP contribution in [0.4, 0.5) is 0 Å². The van der Waals surface area contributed by atoms with Crippen LogP contribution in [0.25, 0.3) is 0 Å². The van der Waals surface area contributed by atoms with Gasteiger partial charge in [-0.1, -0.05) is 6.07 Å². The third-order valence-corrected chi connectivity index (χ3v) is 3.22. The van der Waals surface area contributed by atoms with E-state index in [1.165, 1.54) is 5.56 Å². The number of fused-ring (bicyclic) bond motifs is 1. The van der Waals surface area contributed by atoms with E-state index in [4.69, 9.17) is 9.47 Å². The van der Waals surface area contributed by atoms with Crippen LogP contribution in [0.5, 0.6) is 11.5 Å². The van der Waals surface area contributed by atoms with Crippen LogP contribution in [-0.4, -0.2) is 37.0 Å². The van der Waals surface area contributed by atoms with E-state index in [2.05, 4.69) is 11.4 Å². The molecule has 0 unspecified atom stereocenters. The molecule has 1 heterocycles. The molecule has 4 nitrogen and oxygen atoms in total. The van der Waals surface area contributed by atoms with Gasteiger partial charge in [-0.15, -0.1) is 0 Å². The minimum atomic E-state index is -0.231. The van der Waals surface area contributed by atoms with Gasteiger partial charge in [0.2, 0.25) is 0 Å². The second-order valence-electron chi connectivity index (χ2n) is 5.55. The molecule has 0 fully saturated rings. The fraction of sp³-hybridized carbons (Fsp3) is 0.600. The number of rotatable bonds is 5. The number of benzene rings is 1. The van der Waals surface area contributed by atoms with Gasteiger partial charge in [-0.05, 0) is 44.5 Å². The van der Waals surface area contributed by atoms with Gasteiger partial charge in [0.05, 0.1) is 19.8 Å². The van der Waals surface area contributed by atoms with Crippen LogP contribution in [0.2, 0.25) is 0 Å². The van der Waals surface area contributed by atoms with Crippen molar-refractivity contribution >= 4 is 0 Å². The quantitative estimate of drug-likeness (QED) is 0.851. The van der Waals surface area contributed by atoms with Crippen LogP contribution in [0.1, 0.15) is 25.8 Å². The molecule has 0 aromatic heterocycles. The summed E-state index contributed by atoms with van der Waals surface area (Å²) in [7, 11) is 0. The monoisotopic (exact) mass is 265 g/mol. The van der Waals surface area contributed by atoms with Crippen molar-refractivity contribution in [2.75, 3.05) is 26.4 Å². The summed E-state index contributed by atoms with van der Waals surface area (Å²) in [5, 5.41) is 12.5. The second kappa shape index (κ2) is 6.26. The normalized spacial score (nSPS) is 15.1. The van der Waals surface area contributed by atoms with E-state index in [1.54, 1.807) is 0 Å². The molecule has 0 saturated carbocycles. The molecule has 19 heavy (non-hydrogen) atoms. The zero-order valence-corrected chi connectivity index (χ0v) is 11.7. The molecule has 0 atom stereocenters. The zero-order valence-electron chi connectivity index (χ0n) is 11.7. The van der Waals surface area contributed by atoms with Gasteiger partial charge in [0, 0.05) is 12.0 Å². The minimum absolute atomic E-state index is 0.133. The van der Waals surface area contributed by atoms with Crippen LogP contribution >= 0.6 is 0 Å². The number of hydrogen-bond donors (Lipinski definition) is 2. The Labute approximate surface area is 114 Å². The summed E-state index contributed by atoms with van der Waals surface area (Å²) in [5.74, 6) is 1.68. The average Bonchev–Trinajstić information content (AvgIpc) is 2.63. The van der Waals surface area contributed by atoms with Gasteiger partial charge in [-0.25, -0.2) is 0 Å². The number of aliphatic hydroxyl groups is 1. The Balaban J connectivity index is 1.93. The molecule has 1 aliphatic heterocycles. The maximum atomic E-state index is 9.18. The van der Waals surface area contributed by atoms with E-state index in [9.17, 15) is 5.11 Å². The Morgan fingerprint density at radius 2 is 1.95 bits per heavy atom. The zero-order chi connectivity index (χ0) is 13.7. The summed E-state index contributed by atoms with van der Waals surface area (Å²) in [6.07, 6.45) is 1.83. The van der Waals surface area contributed by atoms with Gasteiger partial charge < -0.3 is 19.9 Å². The van der Waals surface area contributed by atoms with Crippen molar-refractivity contribution in [1.29, 1.82) is 0 Å². The molecule has 0 saturated heterocycles. The predicted molar refractivity (Wildman–Crippen MR) is 74.9 cm³/mol. The molecule has 0 spiro atoms. The molecule has 0 aliphatic carbocycles. The maximum Gasteiger partial charge on any atom is 0.161 e. The lowest BCUT2D eigenvalue weighted by molar-refractivity contribution is 0.189. The van der Waals surface area contributed by atoms with Crippen LogP contribution in [0, 0.1) is 0 Å². The molecule has 0 radical (unpaired) electrons. The fourth-order valence-electron chi connectivity index (χ4n) is 1.96. The smallest absolute Gasteiger partial charge is 0.161 e. The molecule has 0 amide bonds. The van der Waals surface area contributed by atoms with Gasteiger partial charge in [-0.2, -0.15) is 0 Å². The average molecular weight is 265 g/mol. The largest absolute Gasteiger partial charge is 0.490 e. The molecule has 0 bridgehead atoms. The van der Waals surface area contributed by atoms with Crippen molar-refractivity contribution in [3.63, 3.8) is 0 Å². The van der Waals surface area contributed by atoms with Gasteiger partial charge in [0.1, 0.15) is 0 Å². The highest BCUT2D eigenvalue weighted by molar-refractivity contribution is 5.43. The molecule has 2 N–H and O–H groups in total. The van der Waals surface area contributed by atoms with Crippen molar-refractivity contribution in [3.05, 3.63) is 23.8 Å². The molecule has 1 aromatic carbocycles. The molecular formula is C15H23NO3. The Kier molecular flexibility index (Phi) is 4.66. The molecular weight excluding hydrogens is 242 g/mol. The summed E-state index contributed by atoms with van der Waals surface area (Å²) in [6, 6.07) is 6.10. The fourth-order valence-corrected chi connectivity index (χ4v) is 1.96. The Hall–Kier alpha value is -1.26. The summed E-state index contributed by atoms with van der Waals surface area (Å²) >= 11 is 0. The summed E-state index contributed by atoms with van der Waals surface area (Å²) in [6.45, 7) is 6.37. The highest BCUT2D eigenvalue weighted by Crippen LogP contribution is 2.30. The van der Waals surface area contributed by atoms with Crippen molar-refractivity contribution in [2.45, 2.75) is 32.2 Å². The van der Waals surface area contributed by atoms with Crippen molar-refractivity contribution in [2.24, 2.45) is 0 Å². The third-order valence-electron chi connectivity index (χ3n) is 3.22. The van der Waals surface area contributed by atoms with Gasteiger partial charge in [0.25, 0.3) is 0 Å². The second-order valence-corrected chi connectivity index (χ2v) is 5.55.